The zero-order valence-corrected chi connectivity index (χ0v) is 15.6. The lowest BCUT2D eigenvalue weighted by Crippen LogP contribution is -2.63. The van der Waals surface area contributed by atoms with Crippen LogP contribution in [0.15, 0.2) is 60.8 Å². The maximum Gasteiger partial charge on any atom is 0.227 e. The van der Waals surface area contributed by atoms with Gasteiger partial charge in [0, 0.05) is 52.4 Å². The number of nitrogens with zero attached hydrogens (tertiary/aromatic N) is 2. The zero-order valence-electron chi connectivity index (χ0n) is 14.9. The van der Waals surface area contributed by atoms with E-state index >= 15 is 0 Å². The number of rotatable bonds is 3. The first-order chi connectivity index (χ1) is 13.1. The summed E-state index contributed by atoms with van der Waals surface area (Å²) in [5, 5.41) is 4.88. The van der Waals surface area contributed by atoms with Crippen LogP contribution < -0.4 is 10.2 Å². The Morgan fingerprint density at radius 2 is 1.81 bits per heavy atom. The summed E-state index contributed by atoms with van der Waals surface area (Å²) in [6.45, 7) is 2.04. The van der Waals surface area contributed by atoms with Crippen LogP contribution in [-0.2, 0) is 4.79 Å². The predicted octanol–water partition coefficient (Wildman–Crippen LogP) is 4.74. The van der Waals surface area contributed by atoms with E-state index in [1.165, 1.54) is 11.1 Å². The summed E-state index contributed by atoms with van der Waals surface area (Å²) in [5.74, 6) is 0.229. The van der Waals surface area contributed by atoms with Crippen LogP contribution in [0, 0.1) is 11.3 Å². The van der Waals surface area contributed by atoms with Gasteiger partial charge < -0.3 is 10.2 Å². The Balaban J connectivity index is 1.21. The number of carbonyl (C=O) groups is 1. The quantitative estimate of drug-likeness (QED) is 0.716. The molecule has 0 unspecified atom stereocenters. The van der Waals surface area contributed by atoms with E-state index < -0.39 is 0 Å². The number of halogens is 1. The lowest BCUT2D eigenvalue weighted by molar-refractivity contribution is -0.128. The Kier molecular flexibility index (Phi) is 3.83. The Morgan fingerprint density at radius 3 is 2.59 bits per heavy atom. The van der Waals surface area contributed by atoms with E-state index in [4.69, 9.17) is 11.6 Å². The molecule has 5 heteroatoms. The molecule has 1 N–H and O–H groups in total. The summed E-state index contributed by atoms with van der Waals surface area (Å²) in [6.07, 6.45) is 3.81. The van der Waals surface area contributed by atoms with E-state index in [0.29, 0.717) is 10.4 Å². The minimum Gasteiger partial charge on any atom is -0.370 e. The Bertz CT molecular complexity index is 998. The van der Waals surface area contributed by atoms with Crippen LogP contribution in [0.5, 0.6) is 0 Å². The number of benzene rings is 2. The van der Waals surface area contributed by atoms with Crippen LogP contribution >= 0.6 is 11.6 Å². The lowest BCUT2D eigenvalue weighted by Gasteiger charge is -2.59. The third kappa shape index (κ3) is 2.94. The van der Waals surface area contributed by atoms with E-state index in [0.717, 1.165) is 37.1 Å². The predicted molar refractivity (Wildman–Crippen MR) is 109 cm³/mol. The number of pyridine rings is 1. The summed E-state index contributed by atoms with van der Waals surface area (Å²) >= 11 is 5.89. The SMILES string of the molecule is O=C(Nc1ccc(Cl)cc1)C1CC2(C1)CN(c1ccnc3ccccc13)C2. The highest BCUT2D eigenvalue weighted by Crippen LogP contribution is 2.53. The van der Waals surface area contributed by atoms with Gasteiger partial charge in [-0.15, -0.1) is 0 Å². The normalized spacial score (nSPS) is 18.2. The van der Waals surface area contributed by atoms with Gasteiger partial charge in [-0.25, -0.2) is 0 Å². The van der Waals surface area contributed by atoms with E-state index in [2.05, 4.69) is 39.5 Å². The fourth-order valence-electron chi connectivity index (χ4n) is 4.50. The molecular formula is C22H20ClN3O. The summed E-state index contributed by atoms with van der Waals surface area (Å²) in [7, 11) is 0. The second-order valence-corrected chi connectivity index (χ2v) is 8.24. The standard InChI is InChI=1S/C22H20ClN3O/c23-16-5-7-17(8-6-16)25-21(27)15-11-22(12-15)13-26(14-22)20-9-10-24-19-4-2-1-3-18(19)20/h1-10,15H,11-14H2,(H,25,27). The van der Waals surface area contributed by atoms with Crippen molar-refractivity contribution in [1.82, 2.24) is 4.98 Å². The molecule has 1 aromatic heterocycles. The third-order valence-electron chi connectivity index (χ3n) is 5.86. The molecule has 1 saturated carbocycles. The van der Waals surface area contributed by atoms with E-state index in [1.54, 1.807) is 12.1 Å². The second kappa shape index (κ2) is 6.24. The van der Waals surface area contributed by atoms with Crippen molar-refractivity contribution in [2.45, 2.75) is 12.8 Å². The van der Waals surface area contributed by atoms with Crippen LogP contribution in [0.1, 0.15) is 12.8 Å². The van der Waals surface area contributed by atoms with Crippen molar-refractivity contribution in [2.24, 2.45) is 11.3 Å². The maximum absolute atomic E-state index is 12.5. The smallest absolute Gasteiger partial charge is 0.227 e. The Morgan fingerprint density at radius 1 is 1.07 bits per heavy atom. The van der Waals surface area contributed by atoms with Crippen LogP contribution in [-0.4, -0.2) is 24.0 Å². The second-order valence-electron chi connectivity index (χ2n) is 7.80. The van der Waals surface area contributed by atoms with Gasteiger partial charge in [0.05, 0.1) is 5.52 Å². The molecule has 0 bridgehead atoms. The third-order valence-corrected chi connectivity index (χ3v) is 6.11. The van der Waals surface area contributed by atoms with Crippen molar-refractivity contribution >= 4 is 39.8 Å². The number of aromatic nitrogens is 1. The fraction of sp³-hybridized carbons (Fsp3) is 0.273. The number of para-hydroxylation sites is 1. The van der Waals surface area contributed by atoms with E-state index in [1.807, 2.05) is 24.4 Å². The van der Waals surface area contributed by atoms with Gasteiger partial charge in [-0.05, 0) is 49.2 Å². The molecule has 136 valence electrons. The van der Waals surface area contributed by atoms with Gasteiger partial charge in [0.15, 0.2) is 0 Å². The molecule has 2 fully saturated rings. The van der Waals surface area contributed by atoms with Gasteiger partial charge in [-0.3, -0.25) is 9.78 Å². The van der Waals surface area contributed by atoms with Crippen molar-refractivity contribution in [3.8, 4) is 0 Å². The molecule has 2 aliphatic rings. The molecule has 1 spiro atoms. The molecule has 1 saturated heterocycles. The number of nitrogens with one attached hydrogen (secondary N) is 1. The summed E-state index contributed by atoms with van der Waals surface area (Å²) < 4.78 is 0. The molecular weight excluding hydrogens is 358 g/mol. The largest absolute Gasteiger partial charge is 0.370 e. The highest BCUT2D eigenvalue weighted by Gasteiger charge is 2.54. The monoisotopic (exact) mass is 377 g/mol. The first kappa shape index (κ1) is 16.6. The highest BCUT2D eigenvalue weighted by molar-refractivity contribution is 6.30. The van der Waals surface area contributed by atoms with Gasteiger partial charge in [0.1, 0.15) is 0 Å². The number of carbonyl (C=O) groups excluding carboxylic acids is 1. The van der Waals surface area contributed by atoms with Crippen molar-refractivity contribution in [3.63, 3.8) is 0 Å². The molecule has 1 aliphatic carbocycles. The maximum atomic E-state index is 12.5. The van der Waals surface area contributed by atoms with Gasteiger partial charge in [-0.2, -0.15) is 0 Å². The summed E-state index contributed by atoms with van der Waals surface area (Å²) in [5.41, 5.74) is 3.39. The average Bonchev–Trinajstić information content (AvgIpc) is 2.61. The molecule has 1 aliphatic heterocycles. The molecule has 3 aromatic rings. The van der Waals surface area contributed by atoms with Crippen molar-refractivity contribution in [1.29, 1.82) is 0 Å². The summed E-state index contributed by atoms with van der Waals surface area (Å²) in [4.78, 5) is 19.3. The summed E-state index contributed by atoms with van der Waals surface area (Å²) in [6, 6.07) is 17.6. The van der Waals surface area contributed by atoms with Crippen molar-refractivity contribution in [2.75, 3.05) is 23.3 Å². The molecule has 27 heavy (non-hydrogen) atoms. The highest BCUT2D eigenvalue weighted by atomic mass is 35.5. The number of anilines is 2. The van der Waals surface area contributed by atoms with Gasteiger partial charge in [-0.1, -0.05) is 29.8 Å². The molecule has 4 nitrogen and oxygen atoms in total. The number of hydrogen-bond acceptors (Lipinski definition) is 3. The Labute approximate surface area is 163 Å². The lowest BCUT2D eigenvalue weighted by atomic mass is 9.57. The number of amides is 1. The zero-order chi connectivity index (χ0) is 18.4. The van der Waals surface area contributed by atoms with Gasteiger partial charge in [0.25, 0.3) is 0 Å². The molecule has 1 amide bonds. The minimum atomic E-state index is 0.108. The molecule has 0 atom stereocenters. The van der Waals surface area contributed by atoms with Crippen LogP contribution in [0.3, 0.4) is 0 Å². The van der Waals surface area contributed by atoms with Crippen molar-refractivity contribution < 1.29 is 4.79 Å². The first-order valence-corrected chi connectivity index (χ1v) is 9.65. The minimum absolute atomic E-state index is 0.108. The Hall–Kier alpha value is -2.59. The van der Waals surface area contributed by atoms with Crippen LogP contribution in [0.4, 0.5) is 11.4 Å². The van der Waals surface area contributed by atoms with E-state index in [9.17, 15) is 4.79 Å². The van der Waals surface area contributed by atoms with Crippen LogP contribution in [0.25, 0.3) is 10.9 Å². The van der Waals surface area contributed by atoms with Gasteiger partial charge >= 0.3 is 0 Å². The molecule has 2 aromatic carbocycles. The average molecular weight is 378 g/mol. The fourth-order valence-corrected chi connectivity index (χ4v) is 4.62. The first-order valence-electron chi connectivity index (χ1n) is 9.27. The number of hydrogen-bond donors (Lipinski definition) is 1. The topological polar surface area (TPSA) is 45.2 Å². The number of fused-ring (bicyclic) bond motifs is 1. The van der Waals surface area contributed by atoms with E-state index in [-0.39, 0.29) is 11.8 Å². The molecule has 0 radical (unpaired) electrons. The molecule has 2 heterocycles. The van der Waals surface area contributed by atoms with Crippen molar-refractivity contribution in [3.05, 3.63) is 65.8 Å². The van der Waals surface area contributed by atoms with Crippen LogP contribution in [0.2, 0.25) is 5.02 Å². The molecule has 5 rings (SSSR count). The van der Waals surface area contributed by atoms with Gasteiger partial charge in [0.2, 0.25) is 5.91 Å².